The second-order valence-electron chi connectivity index (χ2n) is 8.92. The van der Waals surface area contributed by atoms with Gasteiger partial charge in [0.25, 0.3) is 5.56 Å². The minimum atomic E-state index is -4.80. The van der Waals surface area contributed by atoms with E-state index in [1.165, 1.54) is 0 Å². The Bertz CT molecular complexity index is 1260. The fourth-order valence-electron chi connectivity index (χ4n) is 4.39. The van der Waals surface area contributed by atoms with Gasteiger partial charge in [-0.3, -0.25) is 14.2 Å². The van der Waals surface area contributed by atoms with E-state index in [9.17, 15) is 22.8 Å². The second kappa shape index (κ2) is 11.1. The maximum absolute atomic E-state index is 13.8. The van der Waals surface area contributed by atoms with Crippen molar-refractivity contribution >= 4 is 45.1 Å². The third-order valence-corrected chi connectivity index (χ3v) is 6.88. The molecule has 1 aliphatic heterocycles. The van der Waals surface area contributed by atoms with Crippen molar-refractivity contribution < 1.29 is 18.0 Å². The van der Waals surface area contributed by atoms with Crippen molar-refractivity contribution in [1.82, 2.24) is 24.8 Å². The fraction of sp³-hybridized carbons (Fsp3) is 0.478. The van der Waals surface area contributed by atoms with Crippen LogP contribution in [0.2, 0.25) is 0 Å². The van der Waals surface area contributed by atoms with E-state index in [0.717, 1.165) is 23.3 Å². The van der Waals surface area contributed by atoms with Crippen LogP contribution in [0.15, 0.2) is 35.1 Å². The number of hydrogen-bond donors (Lipinski definition) is 1. The van der Waals surface area contributed by atoms with Crippen LogP contribution in [0, 0.1) is 0 Å². The minimum absolute atomic E-state index is 0. The number of carbonyl (C=O) groups excluding carboxylic acids is 1. The molecular weight excluding hydrogens is 517 g/mol. The minimum Gasteiger partial charge on any atom is -0.350 e. The monoisotopic (exact) mass is 544 g/mol. The van der Waals surface area contributed by atoms with Crippen molar-refractivity contribution in [2.24, 2.45) is 0 Å². The number of rotatable bonds is 7. The molecule has 36 heavy (non-hydrogen) atoms. The molecule has 1 N–H and O–H groups in total. The second-order valence-corrected chi connectivity index (χ2v) is 9.88. The first-order valence-electron chi connectivity index (χ1n) is 11.3. The molecule has 1 saturated heterocycles. The molecule has 1 amide bonds. The van der Waals surface area contributed by atoms with Gasteiger partial charge in [-0.15, -0.1) is 12.4 Å². The van der Waals surface area contributed by atoms with Crippen LogP contribution in [0.3, 0.4) is 0 Å². The Balaban J connectivity index is 0.00000361. The number of carbonyl (C=O) groups is 1. The summed E-state index contributed by atoms with van der Waals surface area (Å²) in [6, 6.07) is 8.21. The normalized spacial score (nSPS) is 16.9. The zero-order valence-electron chi connectivity index (χ0n) is 20.1. The van der Waals surface area contributed by atoms with Crippen molar-refractivity contribution in [2.75, 3.05) is 32.1 Å². The summed E-state index contributed by atoms with van der Waals surface area (Å²) in [7, 11) is 3.44. The van der Waals surface area contributed by atoms with Gasteiger partial charge in [-0.05, 0) is 39.4 Å². The van der Waals surface area contributed by atoms with E-state index in [4.69, 9.17) is 0 Å². The summed E-state index contributed by atoms with van der Waals surface area (Å²) >= 11 is 0.909. The first-order chi connectivity index (χ1) is 16.6. The molecule has 0 unspecified atom stereocenters. The molecule has 1 aromatic carbocycles. The standard InChI is InChI=1S/C23H27F3N6O2S.ClH/c1-14(13-30(2)3)32-20(34)17-19(29-21(32)23(24,25)26)35-22(28-17)31-11-7-10-16(31)18(33)27-12-15-8-5-4-6-9-15;/h4-6,8-9,14,16H,7,10-13H2,1-3H3,(H,27,33);1H/t14-,16-;/m1./s1. The van der Waals surface area contributed by atoms with Gasteiger partial charge >= 0.3 is 6.18 Å². The van der Waals surface area contributed by atoms with E-state index >= 15 is 0 Å². The Morgan fingerprint density at radius 1 is 1.25 bits per heavy atom. The molecule has 2 aromatic heterocycles. The van der Waals surface area contributed by atoms with Crippen molar-refractivity contribution in [1.29, 1.82) is 0 Å². The van der Waals surface area contributed by atoms with Crippen LogP contribution in [0.4, 0.5) is 18.3 Å². The summed E-state index contributed by atoms with van der Waals surface area (Å²) < 4.78 is 42.2. The number of likely N-dealkylation sites (N-methyl/N-ethyl adjacent to an activating group) is 1. The van der Waals surface area contributed by atoms with E-state index in [1.54, 1.807) is 30.8 Å². The smallest absolute Gasteiger partial charge is 0.350 e. The highest BCUT2D eigenvalue weighted by Crippen LogP contribution is 2.35. The molecular formula is C23H28ClF3N6O2S. The summed E-state index contributed by atoms with van der Waals surface area (Å²) in [6.07, 6.45) is -3.49. The summed E-state index contributed by atoms with van der Waals surface area (Å²) in [6.45, 7) is 2.66. The molecule has 3 aromatic rings. The van der Waals surface area contributed by atoms with E-state index in [-0.39, 0.29) is 35.2 Å². The van der Waals surface area contributed by atoms with Crippen LogP contribution < -0.4 is 15.8 Å². The number of hydrogen-bond acceptors (Lipinski definition) is 7. The zero-order chi connectivity index (χ0) is 25.3. The summed E-state index contributed by atoms with van der Waals surface area (Å²) in [5.74, 6) is -1.43. The average Bonchev–Trinajstić information content (AvgIpc) is 3.44. The van der Waals surface area contributed by atoms with Gasteiger partial charge < -0.3 is 15.1 Å². The van der Waals surface area contributed by atoms with Crippen molar-refractivity contribution in [3.05, 3.63) is 52.1 Å². The Morgan fingerprint density at radius 2 is 1.94 bits per heavy atom. The van der Waals surface area contributed by atoms with Crippen LogP contribution in [-0.4, -0.2) is 58.6 Å². The molecule has 4 rings (SSSR count). The van der Waals surface area contributed by atoms with Crippen molar-refractivity contribution in [3.63, 3.8) is 0 Å². The number of fused-ring (bicyclic) bond motifs is 1. The maximum atomic E-state index is 13.8. The lowest BCUT2D eigenvalue weighted by Gasteiger charge is -2.23. The molecule has 1 fully saturated rings. The van der Waals surface area contributed by atoms with Crippen LogP contribution in [0.25, 0.3) is 10.3 Å². The number of halogens is 4. The van der Waals surface area contributed by atoms with E-state index < -0.39 is 29.6 Å². The zero-order valence-corrected chi connectivity index (χ0v) is 21.7. The first-order valence-corrected chi connectivity index (χ1v) is 12.1. The largest absolute Gasteiger partial charge is 0.449 e. The van der Waals surface area contributed by atoms with Crippen molar-refractivity contribution in [3.8, 4) is 0 Å². The van der Waals surface area contributed by atoms with Crippen LogP contribution >= 0.6 is 23.7 Å². The SMILES string of the molecule is C[C@H](CN(C)C)n1c(C(F)(F)F)nc2sc(N3CCC[C@@H]3C(=O)NCc3ccccc3)nc2c1=O.Cl. The van der Waals surface area contributed by atoms with Crippen LogP contribution in [0.1, 0.15) is 37.2 Å². The Kier molecular flexibility index (Phi) is 8.63. The molecule has 13 heteroatoms. The number of anilines is 1. The van der Waals surface area contributed by atoms with E-state index in [1.807, 2.05) is 30.3 Å². The highest BCUT2D eigenvalue weighted by Gasteiger charge is 2.40. The van der Waals surface area contributed by atoms with Crippen LogP contribution in [0.5, 0.6) is 0 Å². The van der Waals surface area contributed by atoms with Crippen molar-refractivity contribution in [2.45, 2.75) is 44.6 Å². The maximum Gasteiger partial charge on any atom is 0.449 e. The number of nitrogens with one attached hydrogen (secondary N) is 1. The Hall–Kier alpha value is -2.70. The highest BCUT2D eigenvalue weighted by atomic mass is 35.5. The molecule has 3 heterocycles. The molecule has 1 aliphatic rings. The van der Waals surface area contributed by atoms with Crippen LogP contribution in [-0.2, 0) is 17.5 Å². The van der Waals surface area contributed by atoms with Gasteiger partial charge in [0.05, 0.1) is 0 Å². The molecule has 2 atom stereocenters. The molecule has 0 bridgehead atoms. The quantitative estimate of drug-likeness (QED) is 0.488. The lowest BCUT2D eigenvalue weighted by molar-refractivity contribution is -0.148. The number of alkyl halides is 3. The third-order valence-electron chi connectivity index (χ3n) is 5.89. The molecule has 0 aliphatic carbocycles. The number of aromatic nitrogens is 3. The first kappa shape index (κ1) is 27.9. The topological polar surface area (TPSA) is 83.4 Å². The Labute approximate surface area is 216 Å². The lowest BCUT2D eigenvalue weighted by Crippen LogP contribution is -2.43. The van der Waals surface area contributed by atoms with Gasteiger partial charge in [0, 0.05) is 25.7 Å². The number of nitrogens with zero attached hydrogens (tertiary/aromatic N) is 5. The molecule has 0 spiro atoms. The van der Waals surface area contributed by atoms with Gasteiger partial charge in [-0.25, -0.2) is 9.97 Å². The van der Waals surface area contributed by atoms with Gasteiger partial charge in [-0.2, -0.15) is 13.2 Å². The summed E-state index contributed by atoms with van der Waals surface area (Å²) in [4.78, 5) is 37.7. The summed E-state index contributed by atoms with van der Waals surface area (Å²) in [5.41, 5.74) is 0.0176. The molecule has 8 nitrogen and oxygen atoms in total. The number of amides is 1. The summed E-state index contributed by atoms with van der Waals surface area (Å²) in [5, 5.41) is 3.25. The third kappa shape index (κ3) is 5.81. The average molecular weight is 545 g/mol. The molecule has 0 saturated carbocycles. The van der Waals surface area contributed by atoms with E-state index in [0.29, 0.717) is 29.2 Å². The van der Waals surface area contributed by atoms with Gasteiger partial charge in [0.2, 0.25) is 11.7 Å². The molecule has 196 valence electrons. The van der Waals surface area contributed by atoms with E-state index in [2.05, 4.69) is 15.3 Å². The number of benzene rings is 1. The van der Waals surface area contributed by atoms with Gasteiger partial charge in [0.1, 0.15) is 6.04 Å². The lowest BCUT2D eigenvalue weighted by atomic mass is 10.2. The molecule has 0 radical (unpaired) electrons. The predicted molar refractivity (Wildman–Crippen MR) is 136 cm³/mol. The van der Waals surface area contributed by atoms with Gasteiger partial charge in [0.15, 0.2) is 15.5 Å². The highest BCUT2D eigenvalue weighted by molar-refractivity contribution is 7.21. The Morgan fingerprint density at radius 3 is 2.58 bits per heavy atom. The van der Waals surface area contributed by atoms with Gasteiger partial charge in [-0.1, -0.05) is 41.7 Å². The predicted octanol–water partition coefficient (Wildman–Crippen LogP) is 3.70. The fourth-order valence-corrected chi connectivity index (χ4v) is 5.40. The number of thiazole rings is 1.